The van der Waals surface area contributed by atoms with E-state index < -0.39 is 17.8 Å². The summed E-state index contributed by atoms with van der Waals surface area (Å²) in [5.41, 5.74) is 6.15. The standard InChI is InChI=1S/C14H10Cl2F3N/c15-11-5-9(6-12(16)7-11)13(20)8-2-1-3-10(4-8)14(17,18)19/h1-7,13H,20H2. The van der Waals surface area contributed by atoms with Crippen LogP contribution in [0, 0.1) is 0 Å². The quantitative estimate of drug-likeness (QED) is 0.822. The van der Waals surface area contributed by atoms with Gasteiger partial charge in [-0.2, -0.15) is 13.2 Å². The fourth-order valence-electron chi connectivity index (χ4n) is 1.86. The maximum Gasteiger partial charge on any atom is 0.416 e. The average molecular weight is 320 g/mol. The van der Waals surface area contributed by atoms with Crippen LogP contribution < -0.4 is 5.73 Å². The molecular formula is C14H10Cl2F3N. The van der Waals surface area contributed by atoms with Gasteiger partial charge in [0.15, 0.2) is 0 Å². The summed E-state index contributed by atoms with van der Waals surface area (Å²) in [5.74, 6) is 0. The minimum atomic E-state index is -4.40. The van der Waals surface area contributed by atoms with Gasteiger partial charge in [-0.1, -0.05) is 35.3 Å². The third-order valence-corrected chi connectivity index (χ3v) is 3.25. The van der Waals surface area contributed by atoms with Gasteiger partial charge < -0.3 is 5.73 Å². The van der Waals surface area contributed by atoms with Crippen molar-refractivity contribution in [3.8, 4) is 0 Å². The van der Waals surface area contributed by atoms with E-state index in [2.05, 4.69) is 0 Å². The molecule has 0 radical (unpaired) electrons. The van der Waals surface area contributed by atoms with Crippen molar-refractivity contribution >= 4 is 23.2 Å². The Bertz CT molecular complexity index is 606. The number of hydrogen-bond acceptors (Lipinski definition) is 1. The van der Waals surface area contributed by atoms with Gasteiger partial charge in [0.1, 0.15) is 0 Å². The van der Waals surface area contributed by atoms with Crippen LogP contribution in [0.1, 0.15) is 22.7 Å². The van der Waals surface area contributed by atoms with Gasteiger partial charge in [-0.3, -0.25) is 0 Å². The number of rotatable bonds is 2. The Morgan fingerprint density at radius 3 is 2.05 bits per heavy atom. The zero-order chi connectivity index (χ0) is 14.9. The van der Waals surface area contributed by atoms with Crippen molar-refractivity contribution in [3.05, 3.63) is 69.2 Å². The third kappa shape index (κ3) is 3.45. The van der Waals surface area contributed by atoms with Crippen LogP contribution >= 0.6 is 23.2 Å². The Morgan fingerprint density at radius 1 is 0.900 bits per heavy atom. The molecule has 0 spiro atoms. The fourth-order valence-corrected chi connectivity index (χ4v) is 2.40. The van der Waals surface area contributed by atoms with Gasteiger partial charge in [0, 0.05) is 10.0 Å². The predicted octanol–water partition coefficient (Wildman–Crippen LogP) is 5.06. The van der Waals surface area contributed by atoms with Crippen LogP contribution in [0.5, 0.6) is 0 Å². The highest BCUT2D eigenvalue weighted by Crippen LogP contribution is 2.32. The predicted molar refractivity (Wildman–Crippen MR) is 73.9 cm³/mol. The molecule has 0 aliphatic heterocycles. The molecule has 0 heterocycles. The van der Waals surface area contributed by atoms with Crippen LogP contribution in [-0.4, -0.2) is 0 Å². The molecular weight excluding hydrogens is 310 g/mol. The summed E-state index contributed by atoms with van der Waals surface area (Å²) in [6, 6.07) is 8.86. The maximum atomic E-state index is 12.7. The molecule has 20 heavy (non-hydrogen) atoms. The average Bonchev–Trinajstić information content (AvgIpc) is 2.36. The number of benzene rings is 2. The Hall–Kier alpha value is -1.23. The largest absolute Gasteiger partial charge is 0.416 e. The minimum absolute atomic E-state index is 0.346. The van der Waals surface area contributed by atoms with Gasteiger partial charge >= 0.3 is 6.18 Å². The zero-order valence-corrected chi connectivity index (χ0v) is 11.6. The van der Waals surface area contributed by atoms with Gasteiger partial charge in [0.25, 0.3) is 0 Å². The first-order valence-corrected chi connectivity index (χ1v) is 6.41. The van der Waals surface area contributed by atoms with Crippen LogP contribution in [0.3, 0.4) is 0 Å². The second-order valence-electron chi connectivity index (χ2n) is 4.30. The molecule has 2 aromatic rings. The molecule has 2 N–H and O–H groups in total. The molecule has 0 amide bonds. The SMILES string of the molecule is NC(c1cc(Cl)cc(Cl)c1)c1cccc(C(F)(F)F)c1. The summed E-state index contributed by atoms with van der Waals surface area (Å²) in [6.45, 7) is 0. The van der Waals surface area contributed by atoms with E-state index in [1.165, 1.54) is 18.2 Å². The van der Waals surface area contributed by atoms with E-state index in [0.717, 1.165) is 12.1 Å². The first kappa shape index (κ1) is 15.2. The summed E-state index contributed by atoms with van der Waals surface area (Å²) in [4.78, 5) is 0. The highest BCUT2D eigenvalue weighted by Gasteiger charge is 2.30. The maximum absolute atomic E-state index is 12.7. The van der Waals surface area contributed by atoms with Crippen LogP contribution in [-0.2, 0) is 6.18 Å². The summed E-state index contributed by atoms with van der Waals surface area (Å²) >= 11 is 11.7. The topological polar surface area (TPSA) is 26.0 Å². The van der Waals surface area contributed by atoms with Crippen LogP contribution in [0.2, 0.25) is 10.0 Å². The smallest absolute Gasteiger partial charge is 0.320 e. The lowest BCUT2D eigenvalue weighted by atomic mass is 9.98. The van der Waals surface area contributed by atoms with Gasteiger partial charge in [0.05, 0.1) is 11.6 Å². The third-order valence-electron chi connectivity index (χ3n) is 2.82. The number of halogens is 5. The van der Waals surface area contributed by atoms with Crippen molar-refractivity contribution in [1.29, 1.82) is 0 Å². The monoisotopic (exact) mass is 319 g/mol. The Morgan fingerprint density at radius 2 is 1.50 bits per heavy atom. The van der Waals surface area contributed by atoms with Crippen molar-refractivity contribution in [2.24, 2.45) is 5.73 Å². The van der Waals surface area contributed by atoms with Gasteiger partial charge in [-0.05, 0) is 41.5 Å². The molecule has 0 bridgehead atoms. The van der Waals surface area contributed by atoms with E-state index in [0.29, 0.717) is 21.2 Å². The second-order valence-corrected chi connectivity index (χ2v) is 5.18. The molecule has 0 saturated heterocycles. The van der Waals surface area contributed by atoms with Crippen molar-refractivity contribution < 1.29 is 13.2 Å². The highest BCUT2D eigenvalue weighted by molar-refractivity contribution is 6.34. The van der Waals surface area contributed by atoms with E-state index >= 15 is 0 Å². The van der Waals surface area contributed by atoms with E-state index in [1.807, 2.05) is 0 Å². The van der Waals surface area contributed by atoms with E-state index in [1.54, 1.807) is 12.1 Å². The Kier molecular flexibility index (Phi) is 4.28. The molecule has 0 aliphatic carbocycles. The molecule has 2 rings (SSSR count). The number of alkyl halides is 3. The van der Waals surface area contributed by atoms with Crippen LogP contribution in [0.4, 0.5) is 13.2 Å². The first-order valence-electron chi connectivity index (χ1n) is 5.66. The van der Waals surface area contributed by atoms with E-state index in [-0.39, 0.29) is 0 Å². The molecule has 0 saturated carbocycles. The van der Waals surface area contributed by atoms with E-state index in [4.69, 9.17) is 28.9 Å². The van der Waals surface area contributed by atoms with Crippen LogP contribution in [0.15, 0.2) is 42.5 Å². The summed E-state index contributed by atoms with van der Waals surface area (Å²) in [7, 11) is 0. The molecule has 6 heteroatoms. The normalized spacial score (nSPS) is 13.3. The molecule has 106 valence electrons. The summed E-state index contributed by atoms with van der Waals surface area (Å²) in [5, 5.41) is 0.768. The Balaban J connectivity index is 2.40. The number of nitrogens with two attached hydrogens (primary N) is 1. The van der Waals surface area contributed by atoms with Crippen molar-refractivity contribution in [3.63, 3.8) is 0 Å². The minimum Gasteiger partial charge on any atom is -0.320 e. The number of hydrogen-bond donors (Lipinski definition) is 1. The highest BCUT2D eigenvalue weighted by atomic mass is 35.5. The van der Waals surface area contributed by atoms with Gasteiger partial charge in [-0.15, -0.1) is 0 Å². The molecule has 1 nitrogen and oxygen atoms in total. The van der Waals surface area contributed by atoms with E-state index in [9.17, 15) is 13.2 Å². The van der Waals surface area contributed by atoms with Gasteiger partial charge in [-0.25, -0.2) is 0 Å². The van der Waals surface area contributed by atoms with Gasteiger partial charge in [0.2, 0.25) is 0 Å². The lowest BCUT2D eigenvalue weighted by Crippen LogP contribution is -2.13. The molecule has 0 aliphatic rings. The first-order chi connectivity index (χ1) is 9.27. The summed E-state index contributed by atoms with van der Waals surface area (Å²) < 4.78 is 38.0. The van der Waals surface area contributed by atoms with Crippen molar-refractivity contribution in [2.45, 2.75) is 12.2 Å². The van der Waals surface area contributed by atoms with Crippen molar-refractivity contribution in [1.82, 2.24) is 0 Å². The molecule has 2 aromatic carbocycles. The molecule has 0 fully saturated rings. The summed E-state index contributed by atoms with van der Waals surface area (Å²) in [6.07, 6.45) is -4.40. The Labute approximate surface area is 124 Å². The zero-order valence-electron chi connectivity index (χ0n) is 10.1. The molecule has 1 unspecified atom stereocenters. The molecule has 1 atom stereocenters. The second kappa shape index (κ2) is 5.64. The molecule has 0 aromatic heterocycles. The fraction of sp³-hybridized carbons (Fsp3) is 0.143. The lowest BCUT2D eigenvalue weighted by molar-refractivity contribution is -0.137. The van der Waals surface area contributed by atoms with Crippen LogP contribution in [0.25, 0.3) is 0 Å². The lowest BCUT2D eigenvalue weighted by Gasteiger charge is -2.15. The van der Waals surface area contributed by atoms with Crippen molar-refractivity contribution in [2.75, 3.05) is 0 Å².